The zero-order valence-corrected chi connectivity index (χ0v) is 12.3. The van der Waals surface area contributed by atoms with E-state index in [1.807, 2.05) is 11.8 Å². The molecule has 114 valence electrons. The topological polar surface area (TPSA) is 55.8 Å². The average molecular weight is 283 g/mol. The zero-order chi connectivity index (χ0) is 14.4. The van der Waals surface area contributed by atoms with Crippen LogP contribution in [0.3, 0.4) is 0 Å². The molecule has 5 heteroatoms. The molecule has 20 heavy (non-hydrogen) atoms. The summed E-state index contributed by atoms with van der Waals surface area (Å²) in [5.41, 5.74) is 0. The maximum absolute atomic E-state index is 12.3. The highest BCUT2D eigenvalue weighted by molar-refractivity contribution is 5.78. The lowest BCUT2D eigenvalue weighted by atomic mass is 9.94. The Kier molecular flexibility index (Phi) is 5.83. The van der Waals surface area contributed by atoms with Crippen LogP contribution in [-0.2, 0) is 19.1 Å². The van der Waals surface area contributed by atoms with Gasteiger partial charge in [-0.25, -0.2) is 0 Å². The second kappa shape index (κ2) is 7.62. The highest BCUT2D eigenvalue weighted by atomic mass is 16.5. The van der Waals surface area contributed by atoms with Crippen LogP contribution >= 0.6 is 0 Å². The molecule has 0 aromatic rings. The Labute approximate surface area is 120 Å². The molecule has 0 aromatic carbocycles. The van der Waals surface area contributed by atoms with E-state index in [2.05, 4.69) is 0 Å². The van der Waals surface area contributed by atoms with Gasteiger partial charge in [-0.2, -0.15) is 0 Å². The molecule has 5 nitrogen and oxygen atoms in total. The van der Waals surface area contributed by atoms with Crippen molar-refractivity contribution in [2.45, 2.75) is 39.0 Å². The summed E-state index contributed by atoms with van der Waals surface area (Å²) in [5, 5.41) is 0. The minimum Gasteiger partial charge on any atom is -0.466 e. The summed E-state index contributed by atoms with van der Waals surface area (Å²) in [7, 11) is 0. The van der Waals surface area contributed by atoms with Crippen molar-refractivity contribution >= 4 is 11.9 Å². The predicted octanol–water partition coefficient (Wildman–Crippen LogP) is 1.60. The molecule has 2 aliphatic heterocycles. The molecule has 0 aromatic heterocycles. The third kappa shape index (κ3) is 4.20. The lowest BCUT2D eigenvalue weighted by Gasteiger charge is -2.33. The first kappa shape index (κ1) is 15.3. The number of hydrogen-bond acceptors (Lipinski definition) is 4. The predicted molar refractivity (Wildman–Crippen MR) is 74.1 cm³/mol. The first-order valence-corrected chi connectivity index (χ1v) is 7.73. The van der Waals surface area contributed by atoms with Crippen molar-refractivity contribution in [2.75, 3.05) is 32.9 Å². The van der Waals surface area contributed by atoms with Crippen molar-refractivity contribution in [3.8, 4) is 0 Å². The third-order valence-electron chi connectivity index (χ3n) is 4.20. The van der Waals surface area contributed by atoms with Gasteiger partial charge in [0.15, 0.2) is 0 Å². The molecule has 1 unspecified atom stereocenters. The lowest BCUT2D eigenvalue weighted by molar-refractivity contribution is -0.151. The van der Waals surface area contributed by atoms with Gasteiger partial charge in [-0.15, -0.1) is 0 Å². The van der Waals surface area contributed by atoms with Crippen molar-refractivity contribution in [3.63, 3.8) is 0 Å². The lowest BCUT2D eigenvalue weighted by Crippen LogP contribution is -2.43. The van der Waals surface area contributed by atoms with Crippen LogP contribution in [-0.4, -0.2) is 49.7 Å². The fourth-order valence-electron chi connectivity index (χ4n) is 2.98. The molecule has 2 aliphatic rings. The van der Waals surface area contributed by atoms with Gasteiger partial charge in [-0.3, -0.25) is 9.59 Å². The molecule has 0 bridgehead atoms. The standard InChI is InChI=1S/C15H25NO4/c1-2-20-15(18)13-4-3-7-16(11-13)14(17)10-12-5-8-19-9-6-12/h12-13H,2-11H2,1H3. The molecule has 0 spiro atoms. The van der Waals surface area contributed by atoms with Gasteiger partial charge in [-0.1, -0.05) is 0 Å². The summed E-state index contributed by atoms with van der Waals surface area (Å²) in [4.78, 5) is 26.0. The first-order valence-electron chi connectivity index (χ1n) is 7.73. The molecule has 0 aliphatic carbocycles. The number of likely N-dealkylation sites (tertiary alicyclic amines) is 1. The van der Waals surface area contributed by atoms with Crippen molar-refractivity contribution in [3.05, 3.63) is 0 Å². The number of hydrogen-bond donors (Lipinski definition) is 0. The van der Waals surface area contributed by atoms with Gasteiger partial charge in [0.25, 0.3) is 0 Å². The van der Waals surface area contributed by atoms with Gasteiger partial charge in [0.2, 0.25) is 5.91 Å². The van der Waals surface area contributed by atoms with E-state index in [9.17, 15) is 9.59 Å². The van der Waals surface area contributed by atoms with Crippen LogP contribution in [0.25, 0.3) is 0 Å². The summed E-state index contributed by atoms with van der Waals surface area (Å²) in [5.74, 6) is 0.337. The number of carbonyl (C=O) groups is 2. The molecular formula is C15H25NO4. The number of esters is 1. The number of nitrogens with zero attached hydrogens (tertiary/aromatic N) is 1. The molecule has 2 fully saturated rings. The van der Waals surface area contributed by atoms with Gasteiger partial charge in [-0.05, 0) is 38.5 Å². The van der Waals surface area contributed by atoms with Crippen LogP contribution in [0.15, 0.2) is 0 Å². The SMILES string of the molecule is CCOC(=O)C1CCCN(C(=O)CC2CCOCC2)C1. The van der Waals surface area contributed by atoms with Crippen LogP contribution in [0, 0.1) is 11.8 Å². The molecule has 1 amide bonds. The molecule has 1 atom stereocenters. The summed E-state index contributed by atoms with van der Waals surface area (Å²) in [6, 6.07) is 0. The number of ether oxygens (including phenoxy) is 2. The first-order chi connectivity index (χ1) is 9.70. The molecule has 0 saturated carbocycles. The van der Waals surface area contributed by atoms with Crippen LogP contribution in [0.2, 0.25) is 0 Å². The Balaban J connectivity index is 1.81. The summed E-state index contributed by atoms with van der Waals surface area (Å²) in [6.07, 6.45) is 4.27. The average Bonchev–Trinajstić information content (AvgIpc) is 2.48. The van der Waals surface area contributed by atoms with Gasteiger partial charge < -0.3 is 14.4 Å². The van der Waals surface area contributed by atoms with Gasteiger partial charge >= 0.3 is 5.97 Å². The van der Waals surface area contributed by atoms with E-state index in [0.717, 1.165) is 45.4 Å². The Morgan fingerprint density at radius 1 is 1.25 bits per heavy atom. The summed E-state index contributed by atoms with van der Waals surface area (Å²) in [6.45, 7) is 5.06. The van der Waals surface area contributed by atoms with E-state index < -0.39 is 0 Å². The quantitative estimate of drug-likeness (QED) is 0.735. The van der Waals surface area contributed by atoms with Crippen molar-refractivity contribution < 1.29 is 19.1 Å². The molecule has 0 N–H and O–H groups in total. The largest absolute Gasteiger partial charge is 0.466 e. The van der Waals surface area contributed by atoms with E-state index in [4.69, 9.17) is 9.47 Å². The van der Waals surface area contributed by atoms with Crippen molar-refractivity contribution in [1.82, 2.24) is 4.90 Å². The molecule has 2 rings (SSSR count). The highest BCUT2D eigenvalue weighted by Gasteiger charge is 2.30. The van der Waals surface area contributed by atoms with Crippen LogP contribution < -0.4 is 0 Å². The van der Waals surface area contributed by atoms with E-state index >= 15 is 0 Å². The highest BCUT2D eigenvalue weighted by Crippen LogP contribution is 2.23. The third-order valence-corrected chi connectivity index (χ3v) is 4.20. The van der Waals surface area contributed by atoms with Gasteiger partial charge in [0, 0.05) is 32.7 Å². The van der Waals surface area contributed by atoms with E-state index in [0.29, 0.717) is 25.5 Å². The molecule has 0 radical (unpaired) electrons. The van der Waals surface area contributed by atoms with Crippen molar-refractivity contribution in [1.29, 1.82) is 0 Å². The summed E-state index contributed by atoms with van der Waals surface area (Å²) >= 11 is 0. The monoisotopic (exact) mass is 283 g/mol. The Morgan fingerprint density at radius 2 is 2.00 bits per heavy atom. The number of piperidine rings is 1. The maximum Gasteiger partial charge on any atom is 0.310 e. The Hall–Kier alpha value is -1.10. The Morgan fingerprint density at radius 3 is 2.70 bits per heavy atom. The van der Waals surface area contributed by atoms with Crippen LogP contribution in [0.1, 0.15) is 39.0 Å². The second-order valence-corrected chi connectivity index (χ2v) is 5.69. The summed E-state index contributed by atoms with van der Waals surface area (Å²) < 4.78 is 10.4. The van der Waals surface area contributed by atoms with Gasteiger partial charge in [0.05, 0.1) is 12.5 Å². The number of rotatable bonds is 4. The van der Waals surface area contributed by atoms with E-state index in [1.54, 1.807) is 0 Å². The maximum atomic E-state index is 12.3. The molecule has 2 heterocycles. The van der Waals surface area contributed by atoms with Crippen LogP contribution in [0.4, 0.5) is 0 Å². The minimum absolute atomic E-state index is 0.137. The van der Waals surface area contributed by atoms with E-state index in [1.165, 1.54) is 0 Å². The molecule has 2 saturated heterocycles. The number of carbonyl (C=O) groups excluding carboxylic acids is 2. The number of amides is 1. The Bertz CT molecular complexity index is 339. The minimum atomic E-state index is -0.156. The second-order valence-electron chi connectivity index (χ2n) is 5.69. The fourth-order valence-corrected chi connectivity index (χ4v) is 2.98. The smallest absolute Gasteiger partial charge is 0.310 e. The zero-order valence-electron chi connectivity index (χ0n) is 12.3. The normalized spacial score (nSPS) is 24.4. The van der Waals surface area contributed by atoms with Gasteiger partial charge in [0.1, 0.15) is 0 Å². The fraction of sp³-hybridized carbons (Fsp3) is 0.867. The van der Waals surface area contributed by atoms with Crippen LogP contribution in [0.5, 0.6) is 0 Å². The molecular weight excluding hydrogens is 258 g/mol. The van der Waals surface area contributed by atoms with E-state index in [-0.39, 0.29) is 17.8 Å². The van der Waals surface area contributed by atoms with Crippen molar-refractivity contribution in [2.24, 2.45) is 11.8 Å².